The maximum Gasteiger partial charge on any atom is 0.488 e. The predicted octanol–water partition coefficient (Wildman–Crippen LogP) is 1.14. The lowest BCUT2D eigenvalue weighted by Crippen LogP contribution is -2.32. The fourth-order valence-corrected chi connectivity index (χ4v) is 2.00. The van der Waals surface area contributed by atoms with E-state index in [9.17, 15) is 10.0 Å². The van der Waals surface area contributed by atoms with Crippen molar-refractivity contribution in [2.75, 3.05) is 0 Å². The molecule has 0 saturated heterocycles. The molecule has 2 aromatic carbocycles. The van der Waals surface area contributed by atoms with Gasteiger partial charge in [-0.1, -0.05) is 30.3 Å². The van der Waals surface area contributed by atoms with Crippen LogP contribution in [0.5, 0.6) is 0 Å². The standard InChI is InChI=1S/C12H13BO2/c1-8-7-12(13(14)15)9(2)11-6-4-3-5-10(8)11/h3-7,14-15H,1-2H3. The molecule has 2 N–H and O–H groups in total. The summed E-state index contributed by atoms with van der Waals surface area (Å²) < 4.78 is 0. The van der Waals surface area contributed by atoms with Gasteiger partial charge in [0.1, 0.15) is 0 Å². The third-order valence-electron chi connectivity index (χ3n) is 2.84. The van der Waals surface area contributed by atoms with Crippen molar-refractivity contribution in [3.63, 3.8) is 0 Å². The molecule has 0 atom stereocenters. The lowest BCUT2D eigenvalue weighted by atomic mass is 9.75. The molecule has 2 aromatic rings. The van der Waals surface area contributed by atoms with E-state index in [-0.39, 0.29) is 0 Å². The molecule has 2 rings (SSSR count). The molecule has 0 spiro atoms. The predicted molar refractivity (Wildman–Crippen MR) is 63.2 cm³/mol. The van der Waals surface area contributed by atoms with Gasteiger partial charge >= 0.3 is 7.12 Å². The summed E-state index contributed by atoms with van der Waals surface area (Å²) >= 11 is 0. The first kappa shape index (κ1) is 10.2. The number of rotatable bonds is 1. The van der Waals surface area contributed by atoms with Gasteiger partial charge in [-0.25, -0.2) is 0 Å². The van der Waals surface area contributed by atoms with Gasteiger partial charge in [0.05, 0.1) is 0 Å². The molecule has 0 aromatic heterocycles. The Bertz CT molecular complexity index is 506. The molecule has 0 bridgehead atoms. The average molecular weight is 200 g/mol. The van der Waals surface area contributed by atoms with Gasteiger partial charge in [-0.05, 0) is 41.2 Å². The molecule has 0 aliphatic rings. The molecule has 0 amide bonds. The van der Waals surface area contributed by atoms with Crippen LogP contribution in [0.25, 0.3) is 10.8 Å². The van der Waals surface area contributed by atoms with Gasteiger partial charge in [0, 0.05) is 0 Å². The topological polar surface area (TPSA) is 40.5 Å². The first-order valence-electron chi connectivity index (χ1n) is 4.96. The van der Waals surface area contributed by atoms with Crippen LogP contribution in [-0.2, 0) is 0 Å². The van der Waals surface area contributed by atoms with Crippen LogP contribution in [0.2, 0.25) is 0 Å². The minimum Gasteiger partial charge on any atom is -0.423 e. The molecular formula is C12H13BO2. The quantitative estimate of drug-likeness (QED) is 0.677. The first-order valence-corrected chi connectivity index (χ1v) is 4.96. The van der Waals surface area contributed by atoms with Gasteiger partial charge in [-0.2, -0.15) is 0 Å². The molecule has 3 heteroatoms. The van der Waals surface area contributed by atoms with E-state index in [1.807, 2.05) is 44.2 Å². The summed E-state index contributed by atoms with van der Waals surface area (Å²) in [7, 11) is -1.40. The Morgan fingerprint density at radius 2 is 1.60 bits per heavy atom. The molecule has 0 heterocycles. The van der Waals surface area contributed by atoms with E-state index >= 15 is 0 Å². The van der Waals surface area contributed by atoms with Crippen LogP contribution in [0.1, 0.15) is 11.1 Å². The van der Waals surface area contributed by atoms with Gasteiger partial charge in [0.2, 0.25) is 0 Å². The molecule has 15 heavy (non-hydrogen) atoms. The Labute approximate surface area is 89.3 Å². The summed E-state index contributed by atoms with van der Waals surface area (Å²) in [5.41, 5.74) is 2.59. The Hall–Kier alpha value is -1.32. The Morgan fingerprint density at radius 3 is 2.20 bits per heavy atom. The molecule has 0 fully saturated rings. The normalized spacial score (nSPS) is 10.7. The summed E-state index contributed by atoms with van der Waals surface area (Å²) in [6.07, 6.45) is 0. The van der Waals surface area contributed by atoms with Crippen molar-refractivity contribution >= 4 is 23.4 Å². The van der Waals surface area contributed by atoms with Crippen molar-refractivity contribution in [3.05, 3.63) is 41.5 Å². The van der Waals surface area contributed by atoms with Gasteiger partial charge in [0.25, 0.3) is 0 Å². The molecular weight excluding hydrogens is 187 g/mol. The van der Waals surface area contributed by atoms with Crippen molar-refractivity contribution in [1.29, 1.82) is 0 Å². The highest BCUT2D eigenvalue weighted by molar-refractivity contribution is 6.59. The molecule has 0 aliphatic heterocycles. The van der Waals surface area contributed by atoms with Crippen LogP contribution in [0.15, 0.2) is 30.3 Å². The molecule has 76 valence electrons. The second-order valence-electron chi connectivity index (χ2n) is 3.83. The van der Waals surface area contributed by atoms with E-state index in [0.717, 1.165) is 16.5 Å². The summed E-state index contributed by atoms with van der Waals surface area (Å²) in [6.45, 7) is 3.89. The number of fused-ring (bicyclic) bond motifs is 1. The molecule has 2 nitrogen and oxygen atoms in total. The third-order valence-corrected chi connectivity index (χ3v) is 2.84. The molecule has 0 aliphatic carbocycles. The highest BCUT2D eigenvalue weighted by atomic mass is 16.4. The van der Waals surface area contributed by atoms with Crippen molar-refractivity contribution in [2.45, 2.75) is 13.8 Å². The van der Waals surface area contributed by atoms with Gasteiger partial charge in [-0.3, -0.25) is 0 Å². The van der Waals surface area contributed by atoms with Crippen molar-refractivity contribution in [3.8, 4) is 0 Å². The smallest absolute Gasteiger partial charge is 0.423 e. The monoisotopic (exact) mass is 200 g/mol. The zero-order chi connectivity index (χ0) is 11.0. The summed E-state index contributed by atoms with van der Waals surface area (Å²) in [6, 6.07) is 9.84. The van der Waals surface area contributed by atoms with Gasteiger partial charge < -0.3 is 10.0 Å². The fourth-order valence-electron chi connectivity index (χ4n) is 2.00. The Morgan fingerprint density at radius 1 is 1.00 bits per heavy atom. The molecule has 0 saturated carbocycles. The van der Waals surface area contributed by atoms with Crippen molar-refractivity contribution in [1.82, 2.24) is 0 Å². The van der Waals surface area contributed by atoms with E-state index < -0.39 is 7.12 Å². The highest BCUT2D eigenvalue weighted by Crippen LogP contribution is 2.20. The number of hydrogen-bond acceptors (Lipinski definition) is 2. The Balaban J connectivity index is 2.84. The van der Waals surface area contributed by atoms with Crippen LogP contribution in [-0.4, -0.2) is 17.2 Å². The lowest BCUT2D eigenvalue weighted by Gasteiger charge is -2.11. The minimum absolute atomic E-state index is 0.589. The zero-order valence-corrected chi connectivity index (χ0v) is 8.86. The second kappa shape index (κ2) is 3.68. The molecule has 0 unspecified atom stereocenters. The zero-order valence-electron chi connectivity index (χ0n) is 8.86. The summed E-state index contributed by atoms with van der Waals surface area (Å²) in [5.74, 6) is 0. The van der Waals surface area contributed by atoms with Crippen LogP contribution in [0.3, 0.4) is 0 Å². The van der Waals surface area contributed by atoms with E-state index in [0.29, 0.717) is 5.46 Å². The third kappa shape index (κ3) is 1.64. The van der Waals surface area contributed by atoms with E-state index in [1.165, 1.54) is 5.39 Å². The van der Waals surface area contributed by atoms with E-state index in [2.05, 4.69) is 0 Å². The van der Waals surface area contributed by atoms with Crippen molar-refractivity contribution in [2.24, 2.45) is 0 Å². The lowest BCUT2D eigenvalue weighted by molar-refractivity contribution is 0.425. The minimum atomic E-state index is -1.40. The number of hydrogen-bond donors (Lipinski definition) is 2. The largest absolute Gasteiger partial charge is 0.488 e. The van der Waals surface area contributed by atoms with Crippen molar-refractivity contribution < 1.29 is 10.0 Å². The Kier molecular flexibility index (Phi) is 2.51. The maximum atomic E-state index is 9.24. The fraction of sp³-hybridized carbons (Fsp3) is 0.167. The highest BCUT2D eigenvalue weighted by Gasteiger charge is 2.16. The number of benzene rings is 2. The molecule has 0 radical (unpaired) electrons. The number of aryl methyl sites for hydroxylation is 2. The van der Waals surface area contributed by atoms with E-state index in [1.54, 1.807) is 0 Å². The maximum absolute atomic E-state index is 9.24. The summed E-state index contributed by atoms with van der Waals surface area (Å²) in [4.78, 5) is 0. The van der Waals surface area contributed by atoms with Gasteiger partial charge in [0.15, 0.2) is 0 Å². The average Bonchev–Trinajstić information content (AvgIpc) is 2.23. The first-order chi connectivity index (χ1) is 7.11. The van der Waals surface area contributed by atoms with Crippen LogP contribution < -0.4 is 5.46 Å². The van der Waals surface area contributed by atoms with Crippen LogP contribution in [0, 0.1) is 13.8 Å². The van der Waals surface area contributed by atoms with Crippen LogP contribution >= 0.6 is 0 Å². The van der Waals surface area contributed by atoms with E-state index in [4.69, 9.17) is 0 Å². The van der Waals surface area contributed by atoms with Crippen LogP contribution in [0.4, 0.5) is 0 Å². The van der Waals surface area contributed by atoms with Gasteiger partial charge in [-0.15, -0.1) is 0 Å². The second-order valence-corrected chi connectivity index (χ2v) is 3.83. The SMILES string of the molecule is Cc1cc(B(O)O)c(C)c2ccccc12. The summed E-state index contributed by atoms with van der Waals surface area (Å²) in [5, 5.41) is 20.7.